The van der Waals surface area contributed by atoms with Gasteiger partial charge in [0.2, 0.25) is 0 Å². The third kappa shape index (κ3) is 6.60. The lowest BCUT2D eigenvalue weighted by Crippen LogP contribution is -2.31. The van der Waals surface area contributed by atoms with Crippen LogP contribution in [-0.4, -0.2) is 44.0 Å². The van der Waals surface area contributed by atoms with E-state index in [0.29, 0.717) is 18.7 Å². The Morgan fingerprint density at radius 1 is 1.45 bits per heavy atom. The van der Waals surface area contributed by atoms with Gasteiger partial charge in [0.15, 0.2) is 0 Å². The van der Waals surface area contributed by atoms with Gasteiger partial charge in [-0.3, -0.25) is 4.79 Å². The van der Waals surface area contributed by atoms with Crippen LogP contribution in [0.5, 0.6) is 0 Å². The van der Waals surface area contributed by atoms with Crippen molar-refractivity contribution in [1.82, 2.24) is 5.32 Å². The summed E-state index contributed by atoms with van der Waals surface area (Å²) in [5, 5.41) is 12.5. The Kier molecular flexibility index (Phi) is 7.79. The second-order valence-corrected chi connectivity index (χ2v) is 4.29. The van der Waals surface area contributed by atoms with Crippen LogP contribution in [0.3, 0.4) is 0 Å². The molecule has 0 aromatic heterocycles. The molecule has 0 aliphatic carbocycles. The lowest BCUT2D eigenvalue weighted by molar-refractivity contribution is -0.140. The second kappa shape index (κ2) is 9.41. The van der Waals surface area contributed by atoms with Gasteiger partial charge in [0.05, 0.1) is 32.8 Å². The van der Waals surface area contributed by atoms with Crippen molar-refractivity contribution in [3.8, 4) is 0 Å². The van der Waals surface area contributed by atoms with Gasteiger partial charge in [0, 0.05) is 18.7 Å². The zero-order valence-corrected chi connectivity index (χ0v) is 11.5. The number of methoxy groups -OCH3 is 1. The first kappa shape index (κ1) is 16.6. The van der Waals surface area contributed by atoms with E-state index in [2.05, 4.69) is 10.1 Å². The molecular weight excluding hydrogens is 265 g/mol. The van der Waals surface area contributed by atoms with Crippen molar-refractivity contribution in [2.75, 3.05) is 26.8 Å². The van der Waals surface area contributed by atoms with Crippen molar-refractivity contribution in [3.63, 3.8) is 0 Å². The lowest BCUT2D eigenvalue weighted by atomic mass is 10.2. The third-order valence-corrected chi connectivity index (χ3v) is 2.64. The Morgan fingerprint density at radius 3 is 2.90 bits per heavy atom. The van der Waals surface area contributed by atoms with Crippen LogP contribution < -0.4 is 5.32 Å². The van der Waals surface area contributed by atoms with Crippen LogP contribution in [0.25, 0.3) is 0 Å². The molecule has 20 heavy (non-hydrogen) atoms. The normalized spacial score (nSPS) is 12.2. The fourth-order valence-corrected chi connectivity index (χ4v) is 1.54. The first-order valence-electron chi connectivity index (χ1n) is 6.40. The van der Waals surface area contributed by atoms with E-state index in [1.54, 1.807) is 18.2 Å². The predicted molar refractivity (Wildman–Crippen MR) is 71.6 cm³/mol. The number of ether oxygens (including phenoxy) is 2. The summed E-state index contributed by atoms with van der Waals surface area (Å²) in [5.74, 6) is -0.624. The van der Waals surface area contributed by atoms with Gasteiger partial charge in [0.1, 0.15) is 5.82 Å². The Balaban J connectivity index is 2.10. The molecule has 1 aromatic rings. The third-order valence-electron chi connectivity index (χ3n) is 2.64. The SMILES string of the molecule is COC(=O)CCNCC(O)COCc1ccccc1F. The van der Waals surface area contributed by atoms with Gasteiger partial charge in [0.25, 0.3) is 0 Å². The minimum absolute atomic E-state index is 0.0968. The molecule has 2 N–H and O–H groups in total. The number of carbonyl (C=O) groups excluding carboxylic acids is 1. The van der Waals surface area contributed by atoms with Crippen molar-refractivity contribution < 1.29 is 23.8 Å². The van der Waals surface area contributed by atoms with Gasteiger partial charge in [-0.1, -0.05) is 18.2 Å². The van der Waals surface area contributed by atoms with Gasteiger partial charge in [-0.05, 0) is 6.07 Å². The van der Waals surface area contributed by atoms with Crippen molar-refractivity contribution in [3.05, 3.63) is 35.6 Å². The number of benzene rings is 1. The minimum atomic E-state index is -0.709. The number of aliphatic hydroxyl groups is 1. The maximum Gasteiger partial charge on any atom is 0.306 e. The fourth-order valence-electron chi connectivity index (χ4n) is 1.54. The number of esters is 1. The molecule has 0 aliphatic rings. The number of aliphatic hydroxyl groups excluding tert-OH is 1. The zero-order chi connectivity index (χ0) is 14.8. The molecule has 1 unspecified atom stereocenters. The second-order valence-electron chi connectivity index (χ2n) is 4.29. The number of rotatable bonds is 9. The van der Waals surface area contributed by atoms with Gasteiger partial charge in [-0.15, -0.1) is 0 Å². The molecule has 0 fully saturated rings. The summed E-state index contributed by atoms with van der Waals surface area (Å²) in [5.41, 5.74) is 0.457. The van der Waals surface area contributed by atoms with Crippen molar-refractivity contribution in [2.24, 2.45) is 0 Å². The molecule has 0 spiro atoms. The Hall–Kier alpha value is -1.50. The molecule has 0 aliphatic heterocycles. The molecule has 0 bridgehead atoms. The molecule has 0 saturated heterocycles. The van der Waals surface area contributed by atoms with E-state index in [4.69, 9.17) is 4.74 Å². The molecule has 0 saturated carbocycles. The van der Waals surface area contributed by atoms with Crippen LogP contribution in [0.1, 0.15) is 12.0 Å². The average Bonchev–Trinajstić information content (AvgIpc) is 2.45. The van der Waals surface area contributed by atoms with Crippen molar-refractivity contribution >= 4 is 5.97 Å². The number of carbonyl (C=O) groups is 1. The summed E-state index contributed by atoms with van der Waals surface area (Å²) in [6, 6.07) is 6.34. The Morgan fingerprint density at radius 2 is 2.20 bits per heavy atom. The van der Waals surface area contributed by atoms with Gasteiger partial charge in [-0.25, -0.2) is 4.39 Å². The summed E-state index contributed by atoms with van der Waals surface area (Å²) in [6.07, 6.45) is -0.460. The lowest BCUT2D eigenvalue weighted by Gasteiger charge is -2.12. The van der Waals surface area contributed by atoms with E-state index in [0.717, 1.165) is 0 Å². The quantitative estimate of drug-likeness (QED) is 0.520. The number of hydrogen-bond donors (Lipinski definition) is 2. The Bertz CT molecular complexity index is 414. The highest BCUT2D eigenvalue weighted by molar-refractivity contribution is 5.69. The zero-order valence-electron chi connectivity index (χ0n) is 11.5. The molecule has 6 heteroatoms. The van der Waals surface area contributed by atoms with Crippen LogP contribution in [0, 0.1) is 5.82 Å². The first-order valence-corrected chi connectivity index (χ1v) is 6.40. The van der Waals surface area contributed by atoms with Gasteiger partial charge in [-0.2, -0.15) is 0 Å². The summed E-state index contributed by atoms with van der Waals surface area (Å²) >= 11 is 0. The largest absolute Gasteiger partial charge is 0.469 e. The van der Waals surface area contributed by atoms with E-state index in [9.17, 15) is 14.3 Å². The number of hydrogen-bond acceptors (Lipinski definition) is 5. The standard InChI is InChI=1S/C14H20FNO4/c1-19-14(18)6-7-16-8-12(17)10-20-9-11-4-2-3-5-13(11)15/h2-5,12,16-17H,6-10H2,1H3. The molecule has 112 valence electrons. The van der Waals surface area contributed by atoms with Crippen molar-refractivity contribution in [2.45, 2.75) is 19.1 Å². The molecular formula is C14H20FNO4. The van der Waals surface area contributed by atoms with Crippen LogP contribution in [0.15, 0.2) is 24.3 Å². The van der Waals surface area contributed by atoms with Crippen LogP contribution in [0.2, 0.25) is 0 Å². The summed E-state index contributed by atoms with van der Waals surface area (Å²) in [4.78, 5) is 10.8. The van der Waals surface area contributed by atoms with E-state index < -0.39 is 6.10 Å². The van der Waals surface area contributed by atoms with Crippen molar-refractivity contribution in [1.29, 1.82) is 0 Å². The smallest absolute Gasteiger partial charge is 0.306 e. The predicted octanol–water partition coefficient (Wildman–Crippen LogP) is 0.856. The maximum atomic E-state index is 13.3. The fraction of sp³-hybridized carbons (Fsp3) is 0.500. The van der Waals surface area contributed by atoms with E-state index in [1.807, 2.05) is 0 Å². The van der Waals surface area contributed by atoms with E-state index in [1.165, 1.54) is 13.2 Å². The Labute approximate surface area is 117 Å². The topological polar surface area (TPSA) is 67.8 Å². The molecule has 1 atom stereocenters. The summed E-state index contributed by atoms with van der Waals surface area (Å²) in [6.45, 7) is 0.941. The average molecular weight is 285 g/mol. The molecule has 1 aromatic carbocycles. The van der Waals surface area contributed by atoms with Gasteiger partial charge >= 0.3 is 5.97 Å². The molecule has 1 rings (SSSR count). The molecule has 0 amide bonds. The molecule has 0 radical (unpaired) electrons. The highest BCUT2D eigenvalue weighted by Crippen LogP contribution is 2.07. The number of nitrogens with one attached hydrogen (secondary N) is 1. The summed E-state index contributed by atoms with van der Waals surface area (Å²) in [7, 11) is 1.33. The minimum Gasteiger partial charge on any atom is -0.469 e. The molecule has 5 nitrogen and oxygen atoms in total. The van der Waals surface area contributed by atoms with Crippen LogP contribution in [0.4, 0.5) is 4.39 Å². The highest BCUT2D eigenvalue weighted by Gasteiger charge is 2.06. The number of halogens is 1. The summed E-state index contributed by atoms with van der Waals surface area (Å²) < 4.78 is 23.0. The van der Waals surface area contributed by atoms with Gasteiger partial charge < -0.3 is 19.9 Å². The maximum absolute atomic E-state index is 13.3. The van der Waals surface area contributed by atoms with Crippen LogP contribution >= 0.6 is 0 Å². The van der Waals surface area contributed by atoms with Crippen LogP contribution in [-0.2, 0) is 20.9 Å². The molecule has 0 heterocycles. The monoisotopic (exact) mass is 285 g/mol. The van der Waals surface area contributed by atoms with E-state index >= 15 is 0 Å². The van der Waals surface area contributed by atoms with E-state index in [-0.39, 0.29) is 31.4 Å². The first-order chi connectivity index (χ1) is 9.63. The highest BCUT2D eigenvalue weighted by atomic mass is 19.1.